The maximum atomic E-state index is 12.5. The molecule has 0 aromatic heterocycles. The quantitative estimate of drug-likeness (QED) is 0.517. The molecule has 0 aliphatic carbocycles. The van der Waals surface area contributed by atoms with Crippen LogP contribution in [0.2, 0.25) is 0 Å². The normalized spacial score (nSPS) is 10.3. The molecule has 2 amide bonds. The fourth-order valence-corrected chi connectivity index (χ4v) is 3.03. The first-order valence-corrected chi connectivity index (χ1v) is 10.2. The summed E-state index contributed by atoms with van der Waals surface area (Å²) in [5, 5.41) is 5.71. The molecule has 0 aliphatic heterocycles. The Morgan fingerprint density at radius 3 is 2.16 bits per heavy atom. The molecule has 0 heterocycles. The Hall–Kier alpha value is -3.80. The number of benzene rings is 3. The zero-order chi connectivity index (χ0) is 22.1. The minimum absolute atomic E-state index is 0.120. The van der Waals surface area contributed by atoms with Crippen LogP contribution in [0.15, 0.2) is 72.8 Å². The number of carbonyl (C=O) groups is 2. The molecular weight excluding hydrogens is 392 g/mol. The van der Waals surface area contributed by atoms with Gasteiger partial charge in [0.15, 0.2) is 6.61 Å². The molecule has 0 unspecified atom stereocenters. The van der Waals surface area contributed by atoms with E-state index in [2.05, 4.69) is 10.6 Å². The van der Waals surface area contributed by atoms with E-state index in [-0.39, 0.29) is 18.4 Å². The topological polar surface area (TPSA) is 76.7 Å². The number of para-hydroxylation sites is 3. The monoisotopic (exact) mass is 418 g/mol. The standard InChI is InChI=1S/C25H26N2O4/c1-3-18-9-5-6-10-21(18)26-24(28)17-31-20-15-13-19(14-16-20)25(29)27-22-11-7-8-12-23(22)30-4-2/h5-16H,3-4,17H2,1-2H3,(H,26,28)(H,27,29). The highest BCUT2D eigenvalue weighted by Crippen LogP contribution is 2.24. The number of aryl methyl sites for hydroxylation is 1. The van der Waals surface area contributed by atoms with Crippen LogP contribution in [-0.2, 0) is 11.2 Å². The van der Waals surface area contributed by atoms with Gasteiger partial charge in [-0.2, -0.15) is 0 Å². The number of hydrogen-bond donors (Lipinski definition) is 2. The number of nitrogens with one attached hydrogen (secondary N) is 2. The van der Waals surface area contributed by atoms with Gasteiger partial charge in [0, 0.05) is 11.3 Å². The second kappa shape index (κ2) is 10.8. The number of carbonyl (C=O) groups excluding carboxylic acids is 2. The second-order valence-electron chi connectivity index (χ2n) is 6.76. The second-order valence-corrected chi connectivity index (χ2v) is 6.76. The van der Waals surface area contributed by atoms with Crippen LogP contribution >= 0.6 is 0 Å². The summed E-state index contributed by atoms with van der Waals surface area (Å²) in [4.78, 5) is 24.7. The number of anilines is 2. The van der Waals surface area contributed by atoms with E-state index in [9.17, 15) is 9.59 Å². The molecule has 0 spiro atoms. The van der Waals surface area contributed by atoms with E-state index in [1.54, 1.807) is 36.4 Å². The van der Waals surface area contributed by atoms with Crippen LogP contribution in [0.5, 0.6) is 11.5 Å². The van der Waals surface area contributed by atoms with Gasteiger partial charge in [-0.1, -0.05) is 37.3 Å². The molecule has 0 saturated heterocycles. The van der Waals surface area contributed by atoms with E-state index in [0.29, 0.717) is 29.4 Å². The average molecular weight is 418 g/mol. The van der Waals surface area contributed by atoms with Gasteiger partial charge >= 0.3 is 0 Å². The molecule has 0 radical (unpaired) electrons. The van der Waals surface area contributed by atoms with Crippen LogP contribution < -0.4 is 20.1 Å². The summed E-state index contributed by atoms with van der Waals surface area (Å²) in [5.41, 5.74) is 2.94. The molecule has 160 valence electrons. The third-order valence-corrected chi connectivity index (χ3v) is 4.59. The first kappa shape index (κ1) is 21.9. The Kier molecular flexibility index (Phi) is 7.65. The molecule has 0 bridgehead atoms. The minimum atomic E-state index is -0.257. The van der Waals surface area contributed by atoms with Gasteiger partial charge in [0.05, 0.1) is 12.3 Å². The third kappa shape index (κ3) is 6.09. The highest BCUT2D eigenvalue weighted by atomic mass is 16.5. The van der Waals surface area contributed by atoms with Crippen LogP contribution in [0.3, 0.4) is 0 Å². The Bertz CT molecular complexity index is 1030. The van der Waals surface area contributed by atoms with Crippen molar-refractivity contribution in [3.05, 3.63) is 83.9 Å². The predicted molar refractivity (Wildman–Crippen MR) is 122 cm³/mol. The lowest BCUT2D eigenvalue weighted by Crippen LogP contribution is -2.21. The summed E-state index contributed by atoms with van der Waals surface area (Å²) < 4.78 is 11.1. The number of rotatable bonds is 9. The van der Waals surface area contributed by atoms with Crippen molar-refractivity contribution < 1.29 is 19.1 Å². The molecule has 3 aromatic carbocycles. The van der Waals surface area contributed by atoms with Crippen molar-refractivity contribution in [1.82, 2.24) is 0 Å². The molecule has 6 nitrogen and oxygen atoms in total. The van der Waals surface area contributed by atoms with Gasteiger partial charge < -0.3 is 20.1 Å². The lowest BCUT2D eigenvalue weighted by Gasteiger charge is -2.12. The number of ether oxygens (including phenoxy) is 2. The molecule has 2 N–H and O–H groups in total. The smallest absolute Gasteiger partial charge is 0.262 e. The lowest BCUT2D eigenvalue weighted by atomic mass is 10.1. The van der Waals surface area contributed by atoms with Crippen molar-refractivity contribution in [3.8, 4) is 11.5 Å². The Balaban J connectivity index is 1.55. The SMILES string of the molecule is CCOc1ccccc1NC(=O)c1ccc(OCC(=O)Nc2ccccc2CC)cc1. The molecule has 0 fully saturated rings. The van der Waals surface area contributed by atoms with Gasteiger partial charge in [0.25, 0.3) is 11.8 Å². The maximum absolute atomic E-state index is 12.5. The highest BCUT2D eigenvalue weighted by Gasteiger charge is 2.11. The molecule has 31 heavy (non-hydrogen) atoms. The zero-order valence-corrected chi connectivity index (χ0v) is 17.7. The van der Waals surface area contributed by atoms with Gasteiger partial charge in [0.1, 0.15) is 11.5 Å². The molecule has 3 rings (SSSR count). The fourth-order valence-electron chi connectivity index (χ4n) is 3.03. The summed E-state index contributed by atoms with van der Waals surface area (Å²) in [6.07, 6.45) is 0.829. The Morgan fingerprint density at radius 2 is 1.45 bits per heavy atom. The van der Waals surface area contributed by atoms with Crippen molar-refractivity contribution in [2.24, 2.45) is 0 Å². The van der Waals surface area contributed by atoms with E-state index in [1.807, 2.05) is 50.2 Å². The van der Waals surface area contributed by atoms with E-state index in [1.165, 1.54) is 0 Å². The number of hydrogen-bond acceptors (Lipinski definition) is 4. The van der Waals surface area contributed by atoms with Crippen molar-refractivity contribution in [1.29, 1.82) is 0 Å². The molecule has 0 aliphatic rings. The van der Waals surface area contributed by atoms with E-state index >= 15 is 0 Å². The Morgan fingerprint density at radius 1 is 0.774 bits per heavy atom. The molecule has 6 heteroatoms. The summed E-state index contributed by atoms with van der Waals surface area (Å²) in [6, 6.07) is 21.6. The maximum Gasteiger partial charge on any atom is 0.262 e. The summed E-state index contributed by atoms with van der Waals surface area (Å²) in [7, 11) is 0. The molecule has 0 atom stereocenters. The van der Waals surface area contributed by atoms with Crippen molar-refractivity contribution in [3.63, 3.8) is 0 Å². The van der Waals surface area contributed by atoms with Gasteiger partial charge in [-0.05, 0) is 61.4 Å². The van der Waals surface area contributed by atoms with Crippen molar-refractivity contribution in [2.45, 2.75) is 20.3 Å². The number of amides is 2. The van der Waals surface area contributed by atoms with Crippen LogP contribution in [0.1, 0.15) is 29.8 Å². The van der Waals surface area contributed by atoms with Crippen molar-refractivity contribution in [2.75, 3.05) is 23.8 Å². The zero-order valence-electron chi connectivity index (χ0n) is 17.7. The van der Waals surface area contributed by atoms with Gasteiger partial charge in [0.2, 0.25) is 0 Å². The molecule has 0 saturated carbocycles. The lowest BCUT2D eigenvalue weighted by molar-refractivity contribution is -0.118. The first-order valence-electron chi connectivity index (χ1n) is 10.2. The summed E-state index contributed by atoms with van der Waals surface area (Å²) in [6.45, 7) is 4.32. The summed E-state index contributed by atoms with van der Waals surface area (Å²) >= 11 is 0. The van der Waals surface area contributed by atoms with Gasteiger partial charge in [-0.25, -0.2) is 0 Å². The van der Waals surface area contributed by atoms with Crippen LogP contribution in [0.25, 0.3) is 0 Å². The molecular formula is C25H26N2O4. The van der Waals surface area contributed by atoms with Crippen LogP contribution in [0, 0.1) is 0 Å². The van der Waals surface area contributed by atoms with Crippen molar-refractivity contribution >= 4 is 23.2 Å². The van der Waals surface area contributed by atoms with E-state index in [4.69, 9.17) is 9.47 Å². The third-order valence-electron chi connectivity index (χ3n) is 4.59. The Labute approximate surface area is 182 Å². The highest BCUT2D eigenvalue weighted by molar-refractivity contribution is 6.05. The first-order chi connectivity index (χ1) is 15.1. The van der Waals surface area contributed by atoms with Gasteiger partial charge in [-0.3, -0.25) is 9.59 Å². The summed E-state index contributed by atoms with van der Waals surface area (Å²) in [5.74, 6) is 0.627. The molecule has 3 aromatic rings. The fraction of sp³-hybridized carbons (Fsp3) is 0.200. The van der Waals surface area contributed by atoms with E-state index in [0.717, 1.165) is 17.7 Å². The van der Waals surface area contributed by atoms with Crippen LogP contribution in [-0.4, -0.2) is 25.0 Å². The van der Waals surface area contributed by atoms with E-state index < -0.39 is 0 Å². The van der Waals surface area contributed by atoms with Crippen LogP contribution in [0.4, 0.5) is 11.4 Å². The predicted octanol–water partition coefficient (Wildman–Crippen LogP) is 4.92. The largest absolute Gasteiger partial charge is 0.492 e. The average Bonchev–Trinajstić information content (AvgIpc) is 2.80. The van der Waals surface area contributed by atoms with Gasteiger partial charge in [-0.15, -0.1) is 0 Å². The minimum Gasteiger partial charge on any atom is -0.492 e.